The van der Waals surface area contributed by atoms with E-state index in [0.717, 1.165) is 6.54 Å². The van der Waals surface area contributed by atoms with Gasteiger partial charge in [-0.05, 0) is 54.2 Å². The van der Waals surface area contributed by atoms with Gasteiger partial charge in [0.1, 0.15) is 0 Å². The summed E-state index contributed by atoms with van der Waals surface area (Å²) in [6.45, 7) is 10.4. The van der Waals surface area contributed by atoms with Gasteiger partial charge in [-0.2, -0.15) is 0 Å². The molecule has 2 rings (SSSR count). The molecule has 108 valence electrons. The first kappa shape index (κ1) is 15.5. The van der Waals surface area contributed by atoms with Crippen molar-refractivity contribution in [2.45, 2.75) is 51.6 Å². The van der Waals surface area contributed by atoms with Crippen LogP contribution in [0.3, 0.4) is 0 Å². The molecule has 1 aromatic heterocycles. The van der Waals surface area contributed by atoms with E-state index in [4.69, 9.17) is 0 Å². The minimum Gasteiger partial charge on any atom is -0.309 e. The Morgan fingerprint density at radius 2 is 2.26 bits per heavy atom. The maximum Gasteiger partial charge on any atom is 0.0701 e. The lowest BCUT2D eigenvalue weighted by molar-refractivity contribution is 0.0834. The van der Waals surface area contributed by atoms with Crippen LogP contribution in [-0.4, -0.2) is 36.1 Å². The van der Waals surface area contributed by atoms with Gasteiger partial charge in [0.25, 0.3) is 0 Å². The van der Waals surface area contributed by atoms with Crippen LogP contribution in [0.5, 0.6) is 0 Å². The summed E-state index contributed by atoms with van der Waals surface area (Å²) in [7, 11) is 0. The largest absolute Gasteiger partial charge is 0.309 e. The van der Waals surface area contributed by atoms with Crippen LogP contribution < -0.4 is 5.32 Å². The smallest absolute Gasteiger partial charge is 0.0701 e. The Morgan fingerprint density at radius 3 is 2.84 bits per heavy atom. The molecule has 4 heteroatoms. The molecule has 1 fully saturated rings. The van der Waals surface area contributed by atoms with Crippen LogP contribution in [0.4, 0.5) is 0 Å². The normalized spacial score (nSPS) is 28.7. The van der Waals surface area contributed by atoms with Gasteiger partial charge in [0.2, 0.25) is 0 Å². The SMILES string of the molecule is CCC1CNC(C)(CC)CN1CCc1ccc(Br)s1. The van der Waals surface area contributed by atoms with Crippen molar-refractivity contribution in [1.29, 1.82) is 0 Å². The van der Waals surface area contributed by atoms with E-state index < -0.39 is 0 Å². The highest BCUT2D eigenvalue weighted by Crippen LogP contribution is 2.24. The Bertz CT molecular complexity index is 407. The molecule has 0 saturated carbocycles. The lowest BCUT2D eigenvalue weighted by Gasteiger charge is -2.46. The van der Waals surface area contributed by atoms with Crippen molar-refractivity contribution in [1.82, 2.24) is 10.2 Å². The third kappa shape index (κ3) is 4.03. The third-order valence-electron chi connectivity index (χ3n) is 4.36. The van der Waals surface area contributed by atoms with E-state index in [9.17, 15) is 0 Å². The molecule has 0 spiro atoms. The molecule has 0 aromatic carbocycles. The lowest BCUT2D eigenvalue weighted by atomic mass is 9.92. The molecule has 19 heavy (non-hydrogen) atoms. The standard InChI is InChI=1S/C15H25BrN2S/c1-4-12-10-17-15(3,5-2)11-18(12)9-8-13-6-7-14(16)19-13/h6-7,12,17H,4-5,8-11H2,1-3H3. The predicted octanol–water partition coefficient (Wildman–Crippen LogP) is 3.91. The zero-order valence-corrected chi connectivity index (χ0v) is 14.6. The zero-order valence-electron chi connectivity index (χ0n) is 12.2. The van der Waals surface area contributed by atoms with Crippen LogP contribution >= 0.6 is 27.3 Å². The van der Waals surface area contributed by atoms with Crippen molar-refractivity contribution in [3.05, 3.63) is 20.8 Å². The van der Waals surface area contributed by atoms with Crippen molar-refractivity contribution in [3.63, 3.8) is 0 Å². The molecule has 0 aliphatic carbocycles. The van der Waals surface area contributed by atoms with E-state index in [0.29, 0.717) is 11.6 Å². The molecule has 0 bridgehead atoms. The fraction of sp³-hybridized carbons (Fsp3) is 0.733. The number of piperazine rings is 1. The minimum atomic E-state index is 0.293. The number of hydrogen-bond donors (Lipinski definition) is 1. The van der Waals surface area contributed by atoms with Crippen molar-refractivity contribution < 1.29 is 0 Å². The summed E-state index contributed by atoms with van der Waals surface area (Å²) < 4.78 is 1.24. The molecule has 0 amide bonds. The second-order valence-electron chi connectivity index (χ2n) is 5.78. The first-order valence-corrected chi connectivity index (χ1v) is 8.90. The highest BCUT2D eigenvalue weighted by Gasteiger charge is 2.33. The van der Waals surface area contributed by atoms with E-state index in [1.165, 1.54) is 41.0 Å². The first-order valence-electron chi connectivity index (χ1n) is 7.29. The number of nitrogens with zero attached hydrogens (tertiary/aromatic N) is 1. The van der Waals surface area contributed by atoms with Crippen LogP contribution in [0.1, 0.15) is 38.5 Å². The molecule has 2 heterocycles. The Balaban J connectivity index is 1.94. The fourth-order valence-electron chi connectivity index (χ4n) is 2.77. The Hall–Kier alpha value is 0.1000. The van der Waals surface area contributed by atoms with Crippen LogP contribution in [0.15, 0.2) is 15.9 Å². The molecule has 1 saturated heterocycles. The molecule has 1 aliphatic heterocycles. The molecule has 2 unspecified atom stereocenters. The summed E-state index contributed by atoms with van der Waals surface area (Å²) in [5, 5.41) is 3.73. The molecular weight excluding hydrogens is 320 g/mol. The van der Waals surface area contributed by atoms with E-state index >= 15 is 0 Å². The number of nitrogens with one attached hydrogen (secondary N) is 1. The third-order valence-corrected chi connectivity index (χ3v) is 6.04. The summed E-state index contributed by atoms with van der Waals surface area (Å²) in [6, 6.07) is 5.10. The Labute approximate surface area is 129 Å². The summed E-state index contributed by atoms with van der Waals surface area (Å²) in [5.74, 6) is 0. The van der Waals surface area contributed by atoms with Gasteiger partial charge in [-0.1, -0.05) is 13.8 Å². The van der Waals surface area contributed by atoms with Crippen molar-refractivity contribution in [2.75, 3.05) is 19.6 Å². The van der Waals surface area contributed by atoms with E-state index in [-0.39, 0.29) is 0 Å². The molecule has 0 radical (unpaired) electrons. The highest BCUT2D eigenvalue weighted by molar-refractivity contribution is 9.11. The van der Waals surface area contributed by atoms with Gasteiger partial charge >= 0.3 is 0 Å². The van der Waals surface area contributed by atoms with Gasteiger partial charge in [-0.3, -0.25) is 4.90 Å². The first-order chi connectivity index (χ1) is 9.06. The van der Waals surface area contributed by atoms with Gasteiger partial charge in [0.15, 0.2) is 0 Å². The Morgan fingerprint density at radius 1 is 1.47 bits per heavy atom. The van der Waals surface area contributed by atoms with Crippen molar-refractivity contribution in [3.8, 4) is 0 Å². The number of halogens is 1. The quantitative estimate of drug-likeness (QED) is 0.871. The zero-order chi connectivity index (χ0) is 13.9. The number of rotatable bonds is 5. The summed E-state index contributed by atoms with van der Waals surface area (Å²) in [4.78, 5) is 4.17. The van der Waals surface area contributed by atoms with Crippen LogP contribution in [0.25, 0.3) is 0 Å². The molecule has 2 nitrogen and oxygen atoms in total. The molecule has 2 atom stereocenters. The van der Waals surface area contributed by atoms with Gasteiger partial charge in [-0.15, -0.1) is 11.3 Å². The van der Waals surface area contributed by atoms with E-state index in [2.05, 4.69) is 59.1 Å². The summed E-state index contributed by atoms with van der Waals surface area (Å²) in [6.07, 6.45) is 3.61. The van der Waals surface area contributed by atoms with E-state index in [1.807, 2.05) is 11.3 Å². The van der Waals surface area contributed by atoms with E-state index in [1.54, 1.807) is 0 Å². The summed E-state index contributed by atoms with van der Waals surface area (Å²) >= 11 is 5.41. The van der Waals surface area contributed by atoms with Gasteiger partial charge in [0.05, 0.1) is 3.79 Å². The number of thiophene rings is 1. The predicted molar refractivity (Wildman–Crippen MR) is 88.1 cm³/mol. The second kappa shape index (κ2) is 6.70. The maximum atomic E-state index is 3.73. The topological polar surface area (TPSA) is 15.3 Å². The second-order valence-corrected chi connectivity index (χ2v) is 8.33. The van der Waals surface area contributed by atoms with Crippen molar-refractivity contribution >= 4 is 27.3 Å². The average molecular weight is 345 g/mol. The van der Waals surface area contributed by atoms with Gasteiger partial charge in [0, 0.05) is 36.1 Å². The molecule has 1 N–H and O–H groups in total. The number of hydrogen-bond acceptors (Lipinski definition) is 3. The lowest BCUT2D eigenvalue weighted by Crippen LogP contribution is -2.62. The van der Waals surface area contributed by atoms with Gasteiger partial charge < -0.3 is 5.32 Å². The molecule has 1 aliphatic rings. The van der Waals surface area contributed by atoms with Crippen molar-refractivity contribution in [2.24, 2.45) is 0 Å². The molecule has 1 aromatic rings. The monoisotopic (exact) mass is 344 g/mol. The van der Waals surface area contributed by atoms with Gasteiger partial charge in [-0.25, -0.2) is 0 Å². The maximum absolute atomic E-state index is 3.73. The minimum absolute atomic E-state index is 0.293. The Kier molecular flexibility index (Phi) is 5.46. The summed E-state index contributed by atoms with van der Waals surface area (Å²) in [5.41, 5.74) is 0.293. The highest BCUT2D eigenvalue weighted by atomic mass is 79.9. The molecular formula is C15H25BrN2S. The fourth-order valence-corrected chi connectivity index (χ4v) is 4.24. The average Bonchev–Trinajstić information content (AvgIpc) is 2.82. The van der Waals surface area contributed by atoms with Crippen LogP contribution in [0.2, 0.25) is 0 Å². The van der Waals surface area contributed by atoms with Crippen LogP contribution in [0, 0.1) is 0 Å². The van der Waals surface area contributed by atoms with Crippen LogP contribution in [-0.2, 0) is 6.42 Å².